The Labute approximate surface area is 128 Å². The molecule has 0 saturated heterocycles. The Morgan fingerprint density at radius 2 is 1.62 bits per heavy atom. The van der Waals surface area contributed by atoms with Gasteiger partial charge in [-0.15, -0.1) is 0 Å². The summed E-state index contributed by atoms with van der Waals surface area (Å²) < 4.78 is 5.11. The molecule has 3 rings (SSSR count). The molecule has 3 aromatic rings. The molecule has 0 atom stereocenters. The zero-order valence-corrected chi connectivity index (χ0v) is 12.5. The van der Waals surface area contributed by atoms with Crippen LogP contribution in [-0.2, 0) is 7.05 Å². The lowest BCUT2D eigenvalue weighted by Gasteiger charge is -2.05. The van der Waals surface area contributed by atoms with Gasteiger partial charge in [0, 0.05) is 17.5 Å². The Morgan fingerprint density at radius 3 is 2.29 bits per heavy atom. The minimum absolute atomic E-state index is 0.650. The highest BCUT2D eigenvalue weighted by Crippen LogP contribution is 2.29. The van der Waals surface area contributed by atoms with E-state index in [0.717, 1.165) is 22.1 Å². The van der Waals surface area contributed by atoms with Crippen LogP contribution in [0.4, 0.5) is 11.8 Å². The third-order valence-electron chi connectivity index (χ3n) is 3.19. The maximum Gasteiger partial charge on any atom is 0.215 e. The van der Waals surface area contributed by atoms with E-state index in [-0.39, 0.29) is 0 Å². The second kappa shape index (κ2) is 5.93. The maximum absolute atomic E-state index is 6.16. The Kier molecular flexibility index (Phi) is 3.83. The van der Waals surface area contributed by atoms with Crippen molar-refractivity contribution in [2.45, 2.75) is 4.90 Å². The molecule has 0 radical (unpaired) electrons. The molecule has 0 spiro atoms. The quantitative estimate of drug-likeness (QED) is 0.719. The molecule has 21 heavy (non-hydrogen) atoms. The molecule has 0 bridgehead atoms. The predicted octanol–water partition coefficient (Wildman–Crippen LogP) is 3.79. The average Bonchev–Trinajstić information content (AvgIpc) is 2.83. The van der Waals surface area contributed by atoms with E-state index in [4.69, 9.17) is 5.73 Å². The monoisotopic (exact) mass is 296 g/mol. The molecule has 0 fully saturated rings. The Morgan fingerprint density at radius 1 is 1.00 bits per heavy atom. The van der Waals surface area contributed by atoms with E-state index in [1.807, 2.05) is 72.3 Å². The third-order valence-corrected chi connectivity index (χ3v) is 3.98. The molecule has 106 valence electrons. The van der Waals surface area contributed by atoms with Crippen LogP contribution < -0.4 is 10.5 Å². The van der Waals surface area contributed by atoms with Crippen LogP contribution in [0.25, 0.3) is 11.3 Å². The second-order valence-electron chi connectivity index (χ2n) is 4.61. The van der Waals surface area contributed by atoms with Crippen LogP contribution >= 0.6 is 11.9 Å². The van der Waals surface area contributed by atoms with Crippen molar-refractivity contribution in [2.24, 2.45) is 7.05 Å². The highest BCUT2D eigenvalue weighted by molar-refractivity contribution is 8.00. The first-order chi connectivity index (χ1) is 10.3. The van der Waals surface area contributed by atoms with Gasteiger partial charge < -0.3 is 5.73 Å². The van der Waals surface area contributed by atoms with Crippen LogP contribution in [0.1, 0.15) is 0 Å². The molecule has 1 aromatic heterocycles. The molecule has 0 saturated carbocycles. The molecular formula is C16H16N4S. The van der Waals surface area contributed by atoms with Crippen molar-refractivity contribution in [2.75, 3.05) is 10.5 Å². The van der Waals surface area contributed by atoms with Gasteiger partial charge in [0.1, 0.15) is 11.5 Å². The molecule has 0 unspecified atom stereocenters. The lowest BCUT2D eigenvalue weighted by atomic mass is 10.1. The van der Waals surface area contributed by atoms with E-state index in [9.17, 15) is 0 Å². The molecule has 3 N–H and O–H groups in total. The lowest BCUT2D eigenvalue weighted by Crippen LogP contribution is -2.00. The van der Waals surface area contributed by atoms with Gasteiger partial charge in [0.05, 0.1) is 0 Å². The van der Waals surface area contributed by atoms with Crippen LogP contribution in [0.15, 0.2) is 65.6 Å². The van der Waals surface area contributed by atoms with E-state index in [1.54, 1.807) is 0 Å². The van der Waals surface area contributed by atoms with Crippen molar-refractivity contribution >= 4 is 23.7 Å². The van der Waals surface area contributed by atoms with Gasteiger partial charge in [-0.25, -0.2) is 4.98 Å². The van der Waals surface area contributed by atoms with Gasteiger partial charge in [-0.3, -0.25) is 9.29 Å². The summed E-state index contributed by atoms with van der Waals surface area (Å²) in [6.07, 6.45) is 0. The number of nitrogens with one attached hydrogen (secondary N) is 1. The largest absolute Gasteiger partial charge is 0.383 e. The topological polar surface area (TPSA) is 55.9 Å². The Bertz CT molecular complexity index is 723. The van der Waals surface area contributed by atoms with Crippen molar-refractivity contribution in [3.63, 3.8) is 0 Å². The highest BCUT2D eigenvalue weighted by Gasteiger charge is 2.13. The maximum atomic E-state index is 6.16. The normalized spacial score (nSPS) is 10.5. The van der Waals surface area contributed by atoms with Crippen molar-refractivity contribution in [3.8, 4) is 11.3 Å². The molecule has 4 nitrogen and oxygen atoms in total. The summed E-state index contributed by atoms with van der Waals surface area (Å²) in [5.74, 6) is 1.39. The van der Waals surface area contributed by atoms with Crippen molar-refractivity contribution < 1.29 is 0 Å². The molecule has 5 heteroatoms. The van der Waals surface area contributed by atoms with Crippen LogP contribution in [0.5, 0.6) is 0 Å². The van der Waals surface area contributed by atoms with Gasteiger partial charge in [0.2, 0.25) is 5.95 Å². The van der Waals surface area contributed by atoms with Gasteiger partial charge in [0.15, 0.2) is 0 Å². The summed E-state index contributed by atoms with van der Waals surface area (Å²) in [6, 6.07) is 20.1. The first-order valence-corrected chi connectivity index (χ1v) is 7.43. The van der Waals surface area contributed by atoms with E-state index >= 15 is 0 Å². The lowest BCUT2D eigenvalue weighted by molar-refractivity contribution is 0.942. The number of aromatic nitrogens is 2. The minimum atomic E-state index is 0.650. The smallest absolute Gasteiger partial charge is 0.215 e. The summed E-state index contributed by atoms with van der Waals surface area (Å²) in [4.78, 5) is 5.73. The van der Waals surface area contributed by atoms with Crippen LogP contribution in [0, 0.1) is 0 Å². The molecule has 1 heterocycles. The predicted molar refractivity (Wildman–Crippen MR) is 89.0 cm³/mol. The molecule has 0 aliphatic heterocycles. The summed E-state index contributed by atoms with van der Waals surface area (Å²) in [5.41, 5.74) is 7.97. The van der Waals surface area contributed by atoms with Crippen molar-refractivity contribution in [1.82, 2.24) is 9.55 Å². The first kappa shape index (κ1) is 13.6. The number of rotatable bonds is 4. The molecule has 0 aliphatic carbocycles. The van der Waals surface area contributed by atoms with Crippen LogP contribution in [0.2, 0.25) is 0 Å². The summed E-state index contributed by atoms with van der Waals surface area (Å²) in [7, 11) is 1.91. The van der Waals surface area contributed by atoms with E-state index in [0.29, 0.717) is 5.82 Å². The number of hydrogen-bond acceptors (Lipinski definition) is 4. The van der Waals surface area contributed by atoms with Crippen LogP contribution in [-0.4, -0.2) is 9.55 Å². The van der Waals surface area contributed by atoms with Crippen molar-refractivity contribution in [3.05, 3.63) is 60.7 Å². The SMILES string of the molecule is Cn1c(NSc2ccccc2)nc(-c2ccccc2)c1N. The van der Waals surface area contributed by atoms with E-state index in [2.05, 4.69) is 9.71 Å². The average molecular weight is 296 g/mol. The zero-order valence-electron chi connectivity index (χ0n) is 11.7. The number of nitrogens with two attached hydrogens (primary N) is 1. The summed E-state index contributed by atoms with van der Waals surface area (Å²) >= 11 is 1.52. The van der Waals surface area contributed by atoms with Crippen LogP contribution in [0.3, 0.4) is 0 Å². The van der Waals surface area contributed by atoms with Gasteiger partial charge in [-0.1, -0.05) is 48.5 Å². The minimum Gasteiger partial charge on any atom is -0.383 e. The van der Waals surface area contributed by atoms with Gasteiger partial charge in [-0.2, -0.15) is 0 Å². The fourth-order valence-electron chi connectivity index (χ4n) is 2.00. The number of nitrogens with zero attached hydrogens (tertiary/aromatic N) is 2. The standard InChI is InChI=1S/C16H16N4S/c1-20-15(17)14(12-8-4-2-5-9-12)18-16(20)19-21-13-10-6-3-7-11-13/h2-11H,17H2,1H3,(H,18,19). The number of hydrogen-bond donors (Lipinski definition) is 2. The molecule has 0 aliphatic rings. The van der Waals surface area contributed by atoms with Gasteiger partial charge >= 0.3 is 0 Å². The van der Waals surface area contributed by atoms with Gasteiger partial charge in [0.25, 0.3) is 0 Å². The summed E-state index contributed by atoms with van der Waals surface area (Å²) in [5, 5.41) is 0. The molecule has 0 amide bonds. The third kappa shape index (κ3) is 2.87. The number of anilines is 2. The number of imidazole rings is 1. The summed E-state index contributed by atoms with van der Waals surface area (Å²) in [6.45, 7) is 0. The van der Waals surface area contributed by atoms with Gasteiger partial charge in [-0.05, 0) is 24.1 Å². The van der Waals surface area contributed by atoms with Crippen molar-refractivity contribution in [1.29, 1.82) is 0 Å². The molecular weight excluding hydrogens is 280 g/mol. The number of benzene rings is 2. The van der Waals surface area contributed by atoms with E-state index in [1.165, 1.54) is 11.9 Å². The fourth-order valence-corrected chi connectivity index (χ4v) is 2.69. The zero-order chi connectivity index (χ0) is 14.7. The Balaban J connectivity index is 1.84. The van der Waals surface area contributed by atoms with E-state index < -0.39 is 0 Å². The first-order valence-electron chi connectivity index (χ1n) is 6.61. The fraction of sp³-hybridized carbons (Fsp3) is 0.0625. The molecule has 2 aromatic carbocycles. The second-order valence-corrected chi connectivity index (χ2v) is 5.49. The highest BCUT2D eigenvalue weighted by atomic mass is 32.2. The Hall–Kier alpha value is -2.40. The number of nitrogen functional groups attached to an aromatic ring is 1.